The zero-order valence-electron chi connectivity index (χ0n) is 8.37. The van der Waals surface area contributed by atoms with E-state index in [2.05, 4.69) is 40.1 Å². The molecule has 1 aromatic rings. The Labute approximate surface area is 87.6 Å². The van der Waals surface area contributed by atoms with Crippen LogP contribution in [0.15, 0.2) is 6.20 Å². The van der Waals surface area contributed by atoms with E-state index < -0.39 is 0 Å². The molecular formula is C9H16BrN3. The third kappa shape index (κ3) is 3.10. The molecule has 0 spiro atoms. The van der Waals surface area contributed by atoms with Gasteiger partial charge in [0.2, 0.25) is 0 Å². The van der Waals surface area contributed by atoms with Crippen molar-refractivity contribution in [2.24, 2.45) is 18.9 Å². The Morgan fingerprint density at radius 2 is 2.23 bits per heavy atom. The molecule has 1 unspecified atom stereocenters. The Morgan fingerprint density at radius 1 is 1.54 bits per heavy atom. The number of hydrogen-bond acceptors (Lipinski definition) is 2. The van der Waals surface area contributed by atoms with E-state index in [9.17, 15) is 0 Å². The van der Waals surface area contributed by atoms with Crippen LogP contribution in [0.25, 0.3) is 0 Å². The van der Waals surface area contributed by atoms with Crippen molar-refractivity contribution in [3.8, 4) is 0 Å². The molecule has 0 aromatic carbocycles. The number of hydrogen-bond donors (Lipinski definition) is 0. The third-order valence-electron chi connectivity index (χ3n) is 2.26. The fourth-order valence-corrected chi connectivity index (χ4v) is 2.20. The van der Waals surface area contributed by atoms with Gasteiger partial charge in [0.1, 0.15) is 0 Å². The van der Waals surface area contributed by atoms with Crippen LogP contribution in [0.4, 0.5) is 0 Å². The van der Waals surface area contributed by atoms with Crippen molar-refractivity contribution in [1.82, 2.24) is 15.0 Å². The SMILES string of the molecule is CC(C)C(CBr)Cc1cn(C)nn1. The smallest absolute Gasteiger partial charge is 0.0830 e. The zero-order chi connectivity index (χ0) is 9.84. The van der Waals surface area contributed by atoms with Gasteiger partial charge in [0, 0.05) is 18.6 Å². The summed E-state index contributed by atoms with van der Waals surface area (Å²) in [7, 11) is 1.90. The lowest BCUT2D eigenvalue weighted by atomic mass is 9.93. The van der Waals surface area contributed by atoms with E-state index in [4.69, 9.17) is 0 Å². The van der Waals surface area contributed by atoms with Crippen molar-refractivity contribution in [3.63, 3.8) is 0 Å². The van der Waals surface area contributed by atoms with Crippen molar-refractivity contribution >= 4 is 15.9 Å². The van der Waals surface area contributed by atoms with Crippen LogP contribution in [-0.4, -0.2) is 20.3 Å². The van der Waals surface area contributed by atoms with E-state index in [0.29, 0.717) is 11.8 Å². The van der Waals surface area contributed by atoms with Crippen LogP contribution in [0.5, 0.6) is 0 Å². The van der Waals surface area contributed by atoms with Gasteiger partial charge >= 0.3 is 0 Å². The molecule has 1 rings (SSSR count). The minimum absolute atomic E-state index is 0.650. The van der Waals surface area contributed by atoms with Gasteiger partial charge in [0.25, 0.3) is 0 Å². The average Bonchev–Trinajstić information content (AvgIpc) is 2.46. The molecular weight excluding hydrogens is 230 g/mol. The van der Waals surface area contributed by atoms with Crippen LogP contribution >= 0.6 is 15.9 Å². The quantitative estimate of drug-likeness (QED) is 0.761. The summed E-state index contributed by atoms with van der Waals surface area (Å²) in [5.74, 6) is 1.33. The van der Waals surface area contributed by atoms with Gasteiger partial charge in [0.15, 0.2) is 0 Å². The first-order valence-electron chi connectivity index (χ1n) is 4.54. The summed E-state index contributed by atoms with van der Waals surface area (Å²) in [5, 5.41) is 9.02. The number of rotatable bonds is 4. The summed E-state index contributed by atoms with van der Waals surface area (Å²) in [5.41, 5.74) is 1.08. The number of halogens is 1. The summed E-state index contributed by atoms with van der Waals surface area (Å²) >= 11 is 3.53. The van der Waals surface area contributed by atoms with Gasteiger partial charge in [-0.15, -0.1) is 5.10 Å². The fourth-order valence-electron chi connectivity index (χ4n) is 1.23. The van der Waals surface area contributed by atoms with Crippen LogP contribution in [0.1, 0.15) is 19.5 Å². The van der Waals surface area contributed by atoms with Crippen LogP contribution in [0.2, 0.25) is 0 Å². The molecule has 0 fully saturated rings. The standard InChI is InChI=1S/C9H16BrN3/c1-7(2)8(5-10)4-9-6-13(3)12-11-9/h6-8H,4-5H2,1-3H3. The lowest BCUT2D eigenvalue weighted by Crippen LogP contribution is -2.13. The lowest BCUT2D eigenvalue weighted by molar-refractivity contribution is 0.423. The first-order chi connectivity index (χ1) is 6.13. The van der Waals surface area contributed by atoms with Gasteiger partial charge in [-0.25, -0.2) is 0 Å². The minimum Gasteiger partial charge on any atom is -0.255 e. The van der Waals surface area contributed by atoms with Crippen molar-refractivity contribution in [1.29, 1.82) is 0 Å². The highest BCUT2D eigenvalue weighted by atomic mass is 79.9. The minimum atomic E-state index is 0.650. The Bertz CT molecular complexity index is 257. The zero-order valence-corrected chi connectivity index (χ0v) is 9.95. The number of aromatic nitrogens is 3. The van der Waals surface area contributed by atoms with Crippen molar-refractivity contribution in [3.05, 3.63) is 11.9 Å². The summed E-state index contributed by atoms with van der Waals surface area (Å²) in [6.07, 6.45) is 2.99. The lowest BCUT2D eigenvalue weighted by Gasteiger charge is -2.15. The molecule has 1 atom stereocenters. The highest BCUT2D eigenvalue weighted by Crippen LogP contribution is 2.17. The molecule has 74 valence electrons. The highest BCUT2D eigenvalue weighted by Gasteiger charge is 2.14. The van der Waals surface area contributed by atoms with Crippen molar-refractivity contribution in [2.45, 2.75) is 20.3 Å². The average molecular weight is 246 g/mol. The van der Waals surface area contributed by atoms with Crippen LogP contribution in [0.3, 0.4) is 0 Å². The largest absolute Gasteiger partial charge is 0.255 e. The Morgan fingerprint density at radius 3 is 2.62 bits per heavy atom. The molecule has 0 aliphatic carbocycles. The van der Waals surface area contributed by atoms with Crippen LogP contribution in [-0.2, 0) is 13.5 Å². The molecule has 0 radical (unpaired) electrons. The second-order valence-corrected chi connectivity index (χ2v) is 4.39. The first-order valence-corrected chi connectivity index (χ1v) is 5.66. The monoisotopic (exact) mass is 245 g/mol. The topological polar surface area (TPSA) is 30.7 Å². The Hall–Kier alpha value is -0.380. The second kappa shape index (κ2) is 4.74. The van der Waals surface area contributed by atoms with Crippen LogP contribution in [0, 0.1) is 11.8 Å². The molecule has 13 heavy (non-hydrogen) atoms. The molecule has 3 nitrogen and oxygen atoms in total. The fraction of sp³-hybridized carbons (Fsp3) is 0.778. The molecule has 0 amide bonds. The number of aryl methyl sites for hydroxylation is 1. The summed E-state index contributed by atoms with van der Waals surface area (Å²) < 4.78 is 1.75. The Balaban J connectivity index is 2.56. The molecule has 0 saturated carbocycles. The van der Waals surface area contributed by atoms with Gasteiger partial charge in [-0.1, -0.05) is 35.0 Å². The summed E-state index contributed by atoms with van der Waals surface area (Å²) in [6, 6.07) is 0. The van der Waals surface area contributed by atoms with Crippen LogP contribution < -0.4 is 0 Å². The number of alkyl halides is 1. The first kappa shape index (κ1) is 10.7. The Kier molecular flexibility index (Phi) is 3.90. The number of nitrogens with zero attached hydrogens (tertiary/aromatic N) is 3. The van der Waals surface area contributed by atoms with E-state index in [1.54, 1.807) is 4.68 Å². The third-order valence-corrected chi connectivity index (χ3v) is 3.09. The van der Waals surface area contributed by atoms with E-state index in [1.165, 1.54) is 0 Å². The molecule has 1 heterocycles. The maximum Gasteiger partial charge on any atom is 0.0830 e. The molecule has 0 aliphatic rings. The molecule has 1 aromatic heterocycles. The van der Waals surface area contributed by atoms with E-state index in [0.717, 1.165) is 17.4 Å². The second-order valence-electron chi connectivity index (χ2n) is 3.75. The maximum atomic E-state index is 4.08. The van der Waals surface area contributed by atoms with Gasteiger partial charge in [0.05, 0.1) is 5.69 Å². The maximum absolute atomic E-state index is 4.08. The normalized spacial score (nSPS) is 13.6. The van der Waals surface area contributed by atoms with Crippen molar-refractivity contribution < 1.29 is 0 Å². The van der Waals surface area contributed by atoms with Crippen molar-refractivity contribution in [2.75, 3.05) is 5.33 Å². The molecule has 0 bridgehead atoms. The van der Waals surface area contributed by atoms with Gasteiger partial charge in [-0.05, 0) is 18.3 Å². The van der Waals surface area contributed by atoms with Gasteiger partial charge in [-0.3, -0.25) is 4.68 Å². The molecule has 0 aliphatic heterocycles. The molecule has 4 heteroatoms. The van der Waals surface area contributed by atoms with E-state index in [-0.39, 0.29) is 0 Å². The summed E-state index contributed by atoms with van der Waals surface area (Å²) in [6.45, 7) is 4.48. The highest BCUT2D eigenvalue weighted by molar-refractivity contribution is 9.09. The van der Waals surface area contributed by atoms with E-state index >= 15 is 0 Å². The molecule has 0 N–H and O–H groups in total. The van der Waals surface area contributed by atoms with Gasteiger partial charge in [-0.2, -0.15) is 0 Å². The predicted octanol–water partition coefficient (Wildman–Crippen LogP) is 2.02. The predicted molar refractivity (Wildman–Crippen MR) is 56.8 cm³/mol. The van der Waals surface area contributed by atoms with Gasteiger partial charge < -0.3 is 0 Å². The summed E-state index contributed by atoms with van der Waals surface area (Å²) in [4.78, 5) is 0. The molecule has 0 saturated heterocycles. The van der Waals surface area contributed by atoms with E-state index in [1.807, 2.05) is 13.2 Å².